The van der Waals surface area contributed by atoms with Crippen molar-refractivity contribution < 1.29 is 18.4 Å². The topological polar surface area (TPSA) is 52.4 Å². The highest BCUT2D eigenvalue weighted by Crippen LogP contribution is 2.52. The Balaban J connectivity index is 2.13. The van der Waals surface area contributed by atoms with E-state index in [9.17, 15) is 18.9 Å². The summed E-state index contributed by atoms with van der Waals surface area (Å²) in [5.74, 6) is 0.161. The van der Waals surface area contributed by atoms with E-state index in [1.54, 1.807) is 23.5 Å². The fraction of sp³-hybridized carbons (Fsp3) is 0.250. The van der Waals surface area contributed by atoms with Crippen molar-refractivity contribution in [3.8, 4) is 11.5 Å². The average Bonchev–Trinajstić information content (AvgIpc) is 3.08. The molecule has 0 saturated carbocycles. The van der Waals surface area contributed by atoms with Gasteiger partial charge in [-0.3, -0.25) is 10.1 Å². The van der Waals surface area contributed by atoms with Gasteiger partial charge in [0.1, 0.15) is 5.82 Å². The van der Waals surface area contributed by atoms with Gasteiger partial charge in [0.05, 0.1) is 14.5 Å². The van der Waals surface area contributed by atoms with E-state index in [-0.39, 0.29) is 32.4 Å². The largest absolute Gasteiger partial charge is 0.452 e. The maximum absolute atomic E-state index is 14.0. The molecule has 0 amide bonds. The van der Waals surface area contributed by atoms with Crippen molar-refractivity contribution in [2.75, 3.05) is 11.5 Å². The Bertz CT molecular complexity index is 845. The predicted octanol–water partition coefficient (Wildman–Crippen LogP) is 6.11. The second-order valence-electron chi connectivity index (χ2n) is 5.26. The fourth-order valence-electron chi connectivity index (χ4n) is 2.40. The van der Waals surface area contributed by atoms with Crippen molar-refractivity contribution in [3.05, 3.63) is 62.2 Å². The first-order chi connectivity index (χ1) is 11.9. The molecule has 9 heteroatoms. The molecule has 0 bridgehead atoms. The van der Waals surface area contributed by atoms with Gasteiger partial charge in [0.15, 0.2) is 17.3 Å². The summed E-state index contributed by atoms with van der Waals surface area (Å²) in [4.78, 5) is 10.8. The van der Waals surface area contributed by atoms with Gasteiger partial charge in [0.2, 0.25) is 0 Å². The van der Waals surface area contributed by atoms with Crippen molar-refractivity contribution in [2.24, 2.45) is 0 Å². The van der Waals surface area contributed by atoms with Gasteiger partial charge >= 0.3 is 0 Å². The van der Waals surface area contributed by atoms with E-state index in [0.717, 1.165) is 23.6 Å². The molecule has 3 rings (SSSR count). The van der Waals surface area contributed by atoms with Crippen LogP contribution in [-0.2, 0) is 0 Å². The second kappa shape index (κ2) is 7.39. The van der Waals surface area contributed by atoms with Crippen LogP contribution in [0.2, 0.25) is 5.02 Å². The van der Waals surface area contributed by atoms with E-state index in [0.29, 0.717) is 11.6 Å². The maximum Gasteiger partial charge on any atom is 0.274 e. The summed E-state index contributed by atoms with van der Waals surface area (Å²) in [6.07, 6.45) is 0. The molecule has 1 aliphatic rings. The van der Waals surface area contributed by atoms with Crippen molar-refractivity contribution in [1.29, 1.82) is 0 Å². The van der Waals surface area contributed by atoms with Gasteiger partial charge in [0.25, 0.3) is 5.69 Å². The Morgan fingerprint density at radius 2 is 1.96 bits per heavy atom. The van der Waals surface area contributed by atoms with Crippen LogP contribution in [0.25, 0.3) is 0 Å². The zero-order valence-corrected chi connectivity index (χ0v) is 15.3. The number of ether oxygens (including phenoxy) is 1. The highest BCUT2D eigenvalue weighted by Gasteiger charge is 2.29. The summed E-state index contributed by atoms with van der Waals surface area (Å²) >= 11 is 9.53. The van der Waals surface area contributed by atoms with Gasteiger partial charge in [-0.25, -0.2) is 8.78 Å². The summed E-state index contributed by atoms with van der Waals surface area (Å²) in [5.41, 5.74) is 0.652. The Labute approximate surface area is 156 Å². The summed E-state index contributed by atoms with van der Waals surface area (Å²) in [7, 11) is 0. The third-order valence-corrected chi connectivity index (χ3v) is 7.17. The predicted molar refractivity (Wildman–Crippen MR) is 96.9 cm³/mol. The molecule has 0 unspecified atom stereocenters. The van der Waals surface area contributed by atoms with Crippen LogP contribution in [0.3, 0.4) is 0 Å². The molecule has 1 heterocycles. The molecular weight excluding hydrogens is 392 g/mol. The van der Waals surface area contributed by atoms with Crippen LogP contribution in [0, 0.1) is 28.7 Å². The monoisotopic (exact) mass is 403 g/mol. The Kier molecular flexibility index (Phi) is 5.41. The lowest BCUT2D eigenvalue weighted by atomic mass is 10.1. The van der Waals surface area contributed by atoms with E-state index < -0.39 is 16.6 Å². The molecule has 2 aromatic carbocycles. The molecule has 0 N–H and O–H groups in total. The molecule has 0 spiro atoms. The van der Waals surface area contributed by atoms with Crippen LogP contribution in [-0.4, -0.2) is 16.4 Å². The van der Waals surface area contributed by atoms with Gasteiger partial charge in [-0.05, 0) is 19.1 Å². The summed E-state index contributed by atoms with van der Waals surface area (Å²) in [6, 6.07) is 4.37. The van der Waals surface area contributed by atoms with Crippen LogP contribution in [0.15, 0.2) is 24.3 Å². The first-order valence-electron chi connectivity index (χ1n) is 7.22. The zero-order chi connectivity index (χ0) is 18.1. The van der Waals surface area contributed by atoms with E-state index in [4.69, 9.17) is 16.3 Å². The van der Waals surface area contributed by atoms with E-state index in [1.165, 1.54) is 13.0 Å². The van der Waals surface area contributed by atoms with Gasteiger partial charge < -0.3 is 4.74 Å². The van der Waals surface area contributed by atoms with Crippen molar-refractivity contribution in [1.82, 2.24) is 0 Å². The number of nitro benzene ring substituents is 1. The second-order valence-corrected chi connectivity index (χ2v) is 8.36. The number of rotatable bonds is 4. The van der Waals surface area contributed by atoms with Crippen molar-refractivity contribution >= 4 is 40.8 Å². The molecule has 0 aliphatic carbocycles. The molecule has 1 fully saturated rings. The fourth-order valence-corrected chi connectivity index (χ4v) is 5.52. The summed E-state index contributed by atoms with van der Waals surface area (Å²) < 4.78 is 32.6. The molecule has 0 atom stereocenters. The van der Waals surface area contributed by atoms with Crippen LogP contribution in [0.4, 0.5) is 14.5 Å². The normalized spacial score (nSPS) is 14.7. The van der Waals surface area contributed by atoms with E-state index in [2.05, 4.69) is 0 Å². The van der Waals surface area contributed by atoms with Crippen LogP contribution >= 0.6 is 35.1 Å². The number of nitro groups is 1. The van der Waals surface area contributed by atoms with E-state index >= 15 is 0 Å². The van der Waals surface area contributed by atoms with Gasteiger partial charge in [-0.1, -0.05) is 11.6 Å². The number of nitrogens with zero attached hydrogens (tertiary/aromatic N) is 1. The lowest BCUT2D eigenvalue weighted by molar-refractivity contribution is -0.385. The molecule has 0 radical (unpaired) electrons. The SMILES string of the molecule is Cc1c([N+](=O)[O-])cc(C2SCCS2)c(Oc2ccc(F)cc2F)c1Cl. The number of hydrogen-bond donors (Lipinski definition) is 0. The Hall–Kier alpha value is -1.51. The third-order valence-electron chi connectivity index (χ3n) is 3.65. The third kappa shape index (κ3) is 3.70. The zero-order valence-electron chi connectivity index (χ0n) is 12.9. The number of benzene rings is 2. The highest BCUT2D eigenvalue weighted by atomic mass is 35.5. The minimum absolute atomic E-state index is 0.0565. The average molecular weight is 404 g/mol. The lowest BCUT2D eigenvalue weighted by Crippen LogP contribution is -2.01. The minimum Gasteiger partial charge on any atom is -0.452 e. The quantitative estimate of drug-likeness (QED) is 0.455. The van der Waals surface area contributed by atoms with Gasteiger partial charge in [-0.2, -0.15) is 0 Å². The van der Waals surface area contributed by atoms with Gasteiger partial charge in [0, 0.05) is 34.8 Å². The summed E-state index contributed by atoms with van der Waals surface area (Å²) in [5, 5.41) is 11.3. The molecule has 1 aliphatic heterocycles. The first kappa shape index (κ1) is 18.3. The number of hydrogen-bond acceptors (Lipinski definition) is 5. The van der Waals surface area contributed by atoms with Crippen molar-refractivity contribution in [2.45, 2.75) is 11.5 Å². The Morgan fingerprint density at radius 1 is 1.28 bits per heavy atom. The van der Waals surface area contributed by atoms with Crippen molar-refractivity contribution in [3.63, 3.8) is 0 Å². The molecule has 0 aromatic heterocycles. The maximum atomic E-state index is 14.0. The smallest absolute Gasteiger partial charge is 0.274 e. The lowest BCUT2D eigenvalue weighted by Gasteiger charge is -2.18. The number of halogens is 3. The molecular formula is C16H12ClF2NO3S2. The highest BCUT2D eigenvalue weighted by molar-refractivity contribution is 8.19. The molecule has 4 nitrogen and oxygen atoms in total. The number of thioether (sulfide) groups is 2. The molecule has 2 aromatic rings. The first-order valence-corrected chi connectivity index (χ1v) is 9.69. The standard InChI is InChI=1S/C16H12ClF2NO3S2/c1-8-12(20(21)22)7-10(16-24-4-5-25-16)15(14(8)17)23-13-3-2-9(18)6-11(13)19/h2-3,6-7,16H,4-5H2,1H3. The molecule has 25 heavy (non-hydrogen) atoms. The summed E-state index contributed by atoms with van der Waals surface area (Å²) in [6.45, 7) is 1.51. The van der Waals surface area contributed by atoms with Crippen LogP contribution < -0.4 is 4.74 Å². The van der Waals surface area contributed by atoms with Gasteiger partial charge in [-0.15, -0.1) is 23.5 Å². The van der Waals surface area contributed by atoms with Crippen LogP contribution in [0.1, 0.15) is 15.7 Å². The molecule has 132 valence electrons. The Morgan fingerprint density at radius 3 is 2.56 bits per heavy atom. The van der Waals surface area contributed by atoms with E-state index in [1.807, 2.05) is 0 Å². The van der Waals surface area contributed by atoms with Crippen LogP contribution in [0.5, 0.6) is 11.5 Å². The molecule has 1 saturated heterocycles. The minimum atomic E-state index is -0.871.